The van der Waals surface area contributed by atoms with Crippen molar-refractivity contribution in [2.24, 2.45) is 5.10 Å². The number of carbonyl (C=O) groups is 1. The molecule has 3 N–H and O–H groups in total. The second kappa shape index (κ2) is 7.13. The monoisotopic (exact) mass is 356 g/mol. The van der Waals surface area contributed by atoms with Gasteiger partial charge in [0.15, 0.2) is 0 Å². The zero-order valence-corrected chi connectivity index (χ0v) is 14.3. The summed E-state index contributed by atoms with van der Waals surface area (Å²) in [5.41, 5.74) is 6.30. The Morgan fingerprint density at radius 2 is 1.81 bits per heavy atom. The molecule has 0 atom stereocenters. The van der Waals surface area contributed by atoms with Crippen molar-refractivity contribution in [1.82, 2.24) is 15.4 Å². The lowest BCUT2D eigenvalue weighted by atomic mass is 10.2. The van der Waals surface area contributed by atoms with Gasteiger partial charge in [-0.15, -0.1) is 0 Å². The summed E-state index contributed by atoms with van der Waals surface area (Å²) in [5.74, 6) is 0.621. The molecule has 0 bridgehead atoms. The predicted octanol–water partition coefficient (Wildman–Crippen LogP) is 3.70. The first-order valence-corrected chi connectivity index (χ1v) is 8.37. The smallest absolute Gasteiger partial charge is 0.271 e. The summed E-state index contributed by atoms with van der Waals surface area (Å²) < 4.78 is 0. The molecule has 1 aromatic heterocycles. The lowest BCUT2D eigenvalue weighted by Crippen LogP contribution is -2.17. The molecule has 27 heavy (non-hydrogen) atoms. The highest BCUT2D eigenvalue weighted by molar-refractivity contribution is 5.98. The maximum atomic E-state index is 12.3. The van der Waals surface area contributed by atoms with E-state index in [1.807, 2.05) is 30.3 Å². The Kier molecular flexibility index (Phi) is 4.37. The molecule has 6 nitrogen and oxygen atoms in total. The first kappa shape index (κ1) is 16.5. The van der Waals surface area contributed by atoms with Gasteiger partial charge >= 0.3 is 0 Å². The Labute approximate surface area is 155 Å². The van der Waals surface area contributed by atoms with Crippen LogP contribution in [-0.4, -0.2) is 27.2 Å². The summed E-state index contributed by atoms with van der Waals surface area (Å²) in [6.07, 6.45) is 1.51. The predicted molar refractivity (Wildman–Crippen MR) is 105 cm³/mol. The van der Waals surface area contributed by atoms with Gasteiger partial charge in [0.05, 0.1) is 17.2 Å². The third-order valence-corrected chi connectivity index (χ3v) is 4.06. The van der Waals surface area contributed by atoms with E-state index >= 15 is 0 Å². The van der Waals surface area contributed by atoms with Crippen LogP contribution in [0.4, 0.5) is 0 Å². The average Bonchev–Trinajstić information content (AvgIpc) is 3.13. The van der Waals surface area contributed by atoms with E-state index in [1.54, 1.807) is 42.5 Å². The van der Waals surface area contributed by atoms with Crippen LogP contribution in [0.5, 0.6) is 5.75 Å². The van der Waals surface area contributed by atoms with Crippen molar-refractivity contribution in [2.75, 3.05) is 0 Å². The Morgan fingerprint density at radius 3 is 2.59 bits per heavy atom. The number of aromatic hydroxyl groups is 1. The van der Waals surface area contributed by atoms with E-state index in [0.29, 0.717) is 5.56 Å². The van der Waals surface area contributed by atoms with E-state index in [0.717, 1.165) is 28.0 Å². The third kappa shape index (κ3) is 3.69. The van der Waals surface area contributed by atoms with Crippen LogP contribution in [-0.2, 0) is 0 Å². The van der Waals surface area contributed by atoms with E-state index in [2.05, 4.69) is 20.5 Å². The molecule has 0 saturated carbocycles. The number of phenolic OH excluding ortho intramolecular Hbond substituents is 1. The molecule has 0 unspecified atom stereocenters. The number of aromatic nitrogens is 2. The lowest BCUT2D eigenvalue weighted by molar-refractivity contribution is 0.0955. The number of H-pyrrole nitrogens is 1. The zero-order valence-electron chi connectivity index (χ0n) is 14.3. The minimum Gasteiger partial charge on any atom is -0.508 e. The van der Waals surface area contributed by atoms with Crippen LogP contribution in [0.25, 0.3) is 22.4 Å². The number of hydrogen-bond acceptors (Lipinski definition) is 4. The van der Waals surface area contributed by atoms with Crippen LogP contribution in [0, 0.1) is 0 Å². The van der Waals surface area contributed by atoms with Crippen molar-refractivity contribution in [1.29, 1.82) is 0 Å². The minimum absolute atomic E-state index is 0.180. The number of hydrazone groups is 1. The molecule has 0 spiro atoms. The highest BCUT2D eigenvalue weighted by Gasteiger charge is 2.09. The van der Waals surface area contributed by atoms with Gasteiger partial charge in [0, 0.05) is 11.1 Å². The fraction of sp³-hybridized carbons (Fsp3) is 0. The Morgan fingerprint density at radius 1 is 1.04 bits per heavy atom. The Bertz CT molecular complexity index is 1120. The van der Waals surface area contributed by atoms with Gasteiger partial charge < -0.3 is 10.1 Å². The molecule has 1 amide bonds. The largest absolute Gasteiger partial charge is 0.508 e. The van der Waals surface area contributed by atoms with E-state index in [-0.39, 0.29) is 11.7 Å². The van der Waals surface area contributed by atoms with Gasteiger partial charge in [0.1, 0.15) is 11.6 Å². The van der Waals surface area contributed by atoms with Gasteiger partial charge in [-0.25, -0.2) is 10.4 Å². The van der Waals surface area contributed by atoms with Gasteiger partial charge in [-0.1, -0.05) is 30.3 Å². The number of nitrogens with zero attached hydrogens (tertiary/aromatic N) is 2. The van der Waals surface area contributed by atoms with E-state index in [4.69, 9.17) is 0 Å². The molecular weight excluding hydrogens is 340 g/mol. The van der Waals surface area contributed by atoms with Crippen LogP contribution < -0.4 is 5.43 Å². The summed E-state index contributed by atoms with van der Waals surface area (Å²) in [7, 11) is 0. The van der Waals surface area contributed by atoms with E-state index in [1.165, 1.54) is 6.21 Å². The molecule has 0 radical (unpaired) electrons. The number of rotatable bonds is 4. The normalized spacial score (nSPS) is 11.1. The standard InChI is InChI=1S/C21H16N4O2/c26-17-9-6-14(7-10-17)13-22-25-21(27)16-8-11-18-19(12-16)24-20(23-18)15-4-2-1-3-5-15/h1-13,26H,(H,23,24)(H,25,27)/b22-13+. The first-order chi connectivity index (χ1) is 13.2. The van der Waals surface area contributed by atoms with Crippen molar-refractivity contribution in [2.45, 2.75) is 0 Å². The number of amides is 1. The molecule has 1 heterocycles. The van der Waals surface area contributed by atoms with Crippen LogP contribution in [0.15, 0.2) is 77.9 Å². The SMILES string of the molecule is O=C(N/N=C/c1ccc(O)cc1)c1ccc2nc(-c3ccccc3)[nH]c2c1. The quantitative estimate of drug-likeness (QED) is 0.385. The van der Waals surface area contributed by atoms with Crippen molar-refractivity contribution < 1.29 is 9.90 Å². The first-order valence-electron chi connectivity index (χ1n) is 8.37. The summed E-state index contributed by atoms with van der Waals surface area (Å²) in [6.45, 7) is 0. The topological polar surface area (TPSA) is 90.4 Å². The number of imidazole rings is 1. The number of nitrogens with one attached hydrogen (secondary N) is 2. The Balaban J connectivity index is 1.51. The fourth-order valence-corrected chi connectivity index (χ4v) is 2.67. The molecule has 0 aliphatic heterocycles. The van der Waals surface area contributed by atoms with Gasteiger partial charge in [-0.3, -0.25) is 4.79 Å². The molecule has 3 aromatic carbocycles. The molecule has 0 aliphatic carbocycles. The number of benzene rings is 3. The highest BCUT2D eigenvalue weighted by Crippen LogP contribution is 2.21. The molecule has 0 saturated heterocycles. The molecule has 0 aliphatic rings. The zero-order chi connectivity index (χ0) is 18.6. The molecule has 6 heteroatoms. The van der Waals surface area contributed by atoms with Gasteiger partial charge in [-0.05, 0) is 48.0 Å². The highest BCUT2D eigenvalue weighted by atomic mass is 16.3. The number of hydrogen-bond donors (Lipinski definition) is 3. The maximum absolute atomic E-state index is 12.3. The number of phenols is 1. The molecule has 4 rings (SSSR count). The number of carbonyl (C=O) groups excluding carboxylic acids is 1. The molecule has 4 aromatic rings. The lowest BCUT2D eigenvalue weighted by Gasteiger charge is -2.00. The second-order valence-electron chi connectivity index (χ2n) is 5.97. The maximum Gasteiger partial charge on any atom is 0.271 e. The van der Waals surface area contributed by atoms with E-state index in [9.17, 15) is 9.90 Å². The Hall–Kier alpha value is -3.93. The molecule has 0 fully saturated rings. The summed E-state index contributed by atoms with van der Waals surface area (Å²) >= 11 is 0. The minimum atomic E-state index is -0.317. The van der Waals surface area contributed by atoms with Crippen LogP contribution in [0.2, 0.25) is 0 Å². The third-order valence-electron chi connectivity index (χ3n) is 4.06. The van der Waals surface area contributed by atoms with Crippen LogP contribution in [0.1, 0.15) is 15.9 Å². The molecular formula is C21H16N4O2. The number of aromatic amines is 1. The van der Waals surface area contributed by atoms with Gasteiger partial charge in [0.25, 0.3) is 5.91 Å². The van der Waals surface area contributed by atoms with Gasteiger partial charge in [-0.2, -0.15) is 5.10 Å². The number of fused-ring (bicyclic) bond motifs is 1. The van der Waals surface area contributed by atoms with Crippen LogP contribution in [0.3, 0.4) is 0 Å². The second-order valence-corrected chi connectivity index (χ2v) is 5.97. The van der Waals surface area contributed by atoms with Crippen molar-refractivity contribution in [3.05, 3.63) is 83.9 Å². The van der Waals surface area contributed by atoms with E-state index < -0.39 is 0 Å². The van der Waals surface area contributed by atoms with Gasteiger partial charge in [0.2, 0.25) is 0 Å². The fourth-order valence-electron chi connectivity index (χ4n) is 2.67. The summed E-state index contributed by atoms with van der Waals surface area (Å²) in [6, 6.07) is 21.6. The van der Waals surface area contributed by atoms with Crippen molar-refractivity contribution >= 4 is 23.2 Å². The average molecular weight is 356 g/mol. The molecule has 132 valence electrons. The summed E-state index contributed by atoms with van der Waals surface area (Å²) in [4.78, 5) is 20.1. The summed E-state index contributed by atoms with van der Waals surface area (Å²) in [5, 5.41) is 13.2. The van der Waals surface area contributed by atoms with Crippen LogP contribution >= 0.6 is 0 Å². The van der Waals surface area contributed by atoms with Crippen molar-refractivity contribution in [3.63, 3.8) is 0 Å². The van der Waals surface area contributed by atoms with Crippen molar-refractivity contribution in [3.8, 4) is 17.1 Å².